The smallest absolute Gasteiger partial charge is 0.181 e. The Kier molecular flexibility index (Phi) is 2.62. The van der Waals surface area contributed by atoms with Crippen LogP contribution in [0.2, 0.25) is 0 Å². The average molecular weight is 216 g/mol. The van der Waals surface area contributed by atoms with Gasteiger partial charge in [0.2, 0.25) is 0 Å². The Hall–Kier alpha value is -1.35. The van der Waals surface area contributed by atoms with E-state index in [4.69, 9.17) is 4.84 Å². The van der Waals surface area contributed by atoms with Crippen LogP contribution in [0.1, 0.15) is 24.8 Å². The summed E-state index contributed by atoms with van der Waals surface area (Å²) in [5, 5.41) is 4.26. The molecule has 0 radical (unpaired) electrons. The number of benzene rings is 1. The highest BCUT2D eigenvalue weighted by molar-refractivity contribution is 6.01. The van der Waals surface area contributed by atoms with Crippen molar-refractivity contribution in [3.05, 3.63) is 35.9 Å². The topological polar surface area (TPSA) is 24.8 Å². The molecule has 0 amide bonds. The van der Waals surface area contributed by atoms with Gasteiger partial charge in [0.15, 0.2) is 6.23 Å². The largest absolute Gasteiger partial charge is 0.376 e. The fourth-order valence-electron chi connectivity index (χ4n) is 2.38. The lowest BCUT2D eigenvalue weighted by atomic mass is 10.1. The summed E-state index contributed by atoms with van der Waals surface area (Å²) in [5.74, 6) is 0. The minimum absolute atomic E-state index is 0.223. The highest BCUT2D eigenvalue weighted by atomic mass is 16.7. The van der Waals surface area contributed by atoms with Gasteiger partial charge in [0.1, 0.15) is 5.71 Å². The zero-order valence-corrected chi connectivity index (χ0v) is 9.30. The molecule has 3 rings (SSSR count). The second-order valence-corrected chi connectivity index (χ2v) is 4.43. The Labute approximate surface area is 95.7 Å². The van der Waals surface area contributed by atoms with Crippen LogP contribution < -0.4 is 0 Å². The fraction of sp³-hybridized carbons (Fsp3) is 0.462. The number of oxime groups is 1. The quantitative estimate of drug-likeness (QED) is 0.719. The van der Waals surface area contributed by atoms with Gasteiger partial charge >= 0.3 is 0 Å². The van der Waals surface area contributed by atoms with Gasteiger partial charge in [-0.2, -0.15) is 0 Å². The van der Waals surface area contributed by atoms with Crippen LogP contribution in [0.15, 0.2) is 35.5 Å². The first kappa shape index (κ1) is 9.85. The second kappa shape index (κ2) is 4.26. The maximum atomic E-state index is 5.56. The first-order valence-electron chi connectivity index (χ1n) is 5.96. The van der Waals surface area contributed by atoms with Crippen molar-refractivity contribution in [1.29, 1.82) is 0 Å². The molecular formula is C13H16N2O. The SMILES string of the molecule is c1ccc(C2=NOC3CCCCN3C2)cc1. The molecule has 1 aromatic rings. The van der Waals surface area contributed by atoms with Crippen molar-refractivity contribution >= 4 is 5.71 Å². The van der Waals surface area contributed by atoms with Gasteiger partial charge in [0, 0.05) is 25.1 Å². The normalized spacial score (nSPS) is 25.5. The summed E-state index contributed by atoms with van der Waals surface area (Å²) in [6.07, 6.45) is 3.88. The van der Waals surface area contributed by atoms with Crippen molar-refractivity contribution < 1.29 is 4.84 Å². The van der Waals surface area contributed by atoms with E-state index in [-0.39, 0.29) is 6.23 Å². The van der Waals surface area contributed by atoms with Gasteiger partial charge in [0.25, 0.3) is 0 Å². The Morgan fingerprint density at radius 3 is 2.94 bits per heavy atom. The molecular weight excluding hydrogens is 200 g/mol. The molecule has 0 aromatic heterocycles. The van der Waals surface area contributed by atoms with E-state index in [0.29, 0.717) is 0 Å². The third kappa shape index (κ3) is 1.83. The molecule has 1 fully saturated rings. The molecule has 0 N–H and O–H groups in total. The Morgan fingerprint density at radius 1 is 1.19 bits per heavy atom. The first-order valence-corrected chi connectivity index (χ1v) is 5.96. The molecule has 84 valence electrons. The second-order valence-electron chi connectivity index (χ2n) is 4.43. The molecule has 3 nitrogen and oxygen atoms in total. The third-order valence-corrected chi connectivity index (χ3v) is 3.30. The lowest BCUT2D eigenvalue weighted by Crippen LogP contribution is -2.46. The van der Waals surface area contributed by atoms with E-state index in [1.807, 2.05) is 18.2 Å². The minimum Gasteiger partial charge on any atom is -0.376 e. The fourth-order valence-corrected chi connectivity index (χ4v) is 2.38. The average Bonchev–Trinajstić information content (AvgIpc) is 2.39. The molecule has 2 aliphatic rings. The zero-order valence-electron chi connectivity index (χ0n) is 9.30. The van der Waals surface area contributed by atoms with Gasteiger partial charge in [-0.25, -0.2) is 0 Å². The van der Waals surface area contributed by atoms with Crippen molar-refractivity contribution in [2.75, 3.05) is 13.1 Å². The van der Waals surface area contributed by atoms with E-state index in [2.05, 4.69) is 22.2 Å². The van der Waals surface area contributed by atoms with Crippen LogP contribution in [0.3, 0.4) is 0 Å². The van der Waals surface area contributed by atoms with E-state index < -0.39 is 0 Å². The summed E-state index contributed by atoms with van der Waals surface area (Å²) in [5.41, 5.74) is 2.23. The van der Waals surface area contributed by atoms with Crippen molar-refractivity contribution in [1.82, 2.24) is 4.90 Å². The Bertz CT molecular complexity index is 388. The summed E-state index contributed by atoms with van der Waals surface area (Å²) < 4.78 is 0. The van der Waals surface area contributed by atoms with Crippen LogP contribution in [0.5, 0.6) is 0 Å². The molecule has 0 bridgehead atoms. The van der Waals surface area contributed by atoms with E-state index >= 15 is 0 Å². The Balaban J connectivity index is 1.81. The molecule has 2 aliphatic heterocycles. The van der Waals surface area contributed by atoms with Crippen molar-refractivity contribution in [3.8, 4) is 0 Å². The van der Waals surface area contributed by atoms with Crippen LogP contribution in [0.25, 0.3) is 0 Å². The highest BCUT2D eigenvalue weighted by Crippen LogP contribution is 2.22. The predicted octanol–water partition coefficient (Wildman–Crippen LogP) is 2.23. The number of piperidine rings is 1. The molecule has 1 unspecified atom stereocenters. The van der Waals surface area contributed by atoms with E-state index in [1.165, 1.54) is 18.4 Å². The van der Waals surface area contributed by atoms with Crippen molar-refractivity contribution in [2.45, 2.75) is 25.5 Å². The Morgan fingerprint density at radius 2 is 2.06 bits per heavy atom. The number of hydrogen-bond acceptors (Lipinski definition) is 3. The lowest BCUT2D eigenvalue weighted by Gasteiger charge is -2.36. The molecule has 16 heavy (non-hydrogen) atoms. The molecule has 0 aliphatic carbocycles. The maximum Gasteiger partial charge on any atom is 0.181 e. The molecule has 1 aromatic carbocycles. The summed E-state index contributed by atoms with van der Waals surface area (Å²) in [6.45, 7) is 2.06. The van der Waals surface area contributed by atoms with Gasteiger partial charge < -0.3 is 4.84 Å². The molecule has 1 saturated heterocycles. The van der Waals surface area contributed by atoms with Gasteiger partial charge in [-0.1, -0.05) is 35.5 Å². The molecule has 0 saturated carbocycles. The predicted molar refractivity (Wildman–Crippen MR) is 63.3 cm³/mol. The summed E-state index contributed by atoms with van der Waals surface area (Å²) in [7, 11) is 0. The van der Waals surface area contributed by atoms with Crippen LogP contribution in [-0.4, -0.2) is 29.9 Å². The number of nitrogens with zero attached hydrogens (tertiary/aromatic N) is 2. The standard InChI is InChI=1S/C13H16N2O/c1-2-6-11(7-3-1)12-10-15-9-5-4-8-13(15)16-14-12/h1-3,6-7,13H,4-5,8-10H2. The van der Waals surface area contributed by atoms with E-state index in [1.54, 1.807) is 0 Å². The van der Waals surface area contributed by atoms with Crippen LogP contribution in [0.4, 0.5) is 0 Å². The first-order chi connectivity index (χ1) is 7.93. The van der Waals surface area contributed by atoms with Crippen LogP contribution in [-0.2, 0) is 4.84 Å². The molecule has 2 heterocycles. The van der Waals surface area contributed by atoms with Crippen LogP contribution in [0, 0.1) is 0 Å². The van der Waals surface area contributed by atoms with Gasteiger partial charge in [0.05, 0.1) is 0 Å². The molecule has 0 spiro atoms. The minimum atomic E-state index is 0.223. The maximum absolute atomic E-state index is 5.56. The molecule has 1 atom stereocenters. The molecule has 3 heteroatoms. The third-order valence-electron chi connectivity index (χ3n) is 3.30. The van der Waals surface area contributed by atoms with Crippen LogP contribution >= 0.6 is 0 Å². The summed E-state index contributed by atoms with van der Waals surface area (Å²) >= 11 is 0. The summed E-state index contributed by atoms with van der Waals surface area (Å²) in [4.78, 5) is 7.95. The summed E-state index contributed by atoms with van der Waals surface area (Å²) in [6, 6.07) is 10.3. The van der Waals surface area contributed by atoms with E-state index in [9.17, 15) is 0 Å². The van der Waals surface area contributed by atoms with Gasteiger partial charge in [-0.3, -0.25) is 4.90 Å². The van der Waals surface area contributed by atoms with Crippen molar-refractivity contribution in [2.24, 2.45) is 5.16 Å². The highest BCUT2D eigenvalue weighted by Gasteiger charge is 2.28. The van der Waals surface area contributed by atoms with Crippen molar-refractivity contribution in [3.63, 3.8) is 0 Å². The van der Waals surface area contributed by atoms with Gasteiger partial charge in [-0.15, -0.1) is 0 Å². The number of fused-ring (bicyclic) bond motifs is 1. The monoisotopic (exact) mass is 216 g/mol. The lowest BCUT2D eigenvalue weighted by molar-refractivity contribution is -0.0835. The zero-order chi connectivity index (χ0) is 10.8. The van der Waals surface area contributed by atoms with E-state index in [0.717, 1.165) is 25.2 Å². The number of rotatable bonds is 1. The van der Waals surface area contributed by atoms with Gasteiger partial charge in [-0.05, 0) is 12.8 Å². The number of hydrogen-bond donors (Lipinski definition) is 0.